The summed E-state index contributed by atoms with van der Waals surface area (Å²) in [6.45, 7) is 1.66. The van der Waals surface area contributed by atoms with Gasteiger partial charge < -0.3 is 10.1 Å². The first-order valence-electron chi connectivity index (χ1n) is 5.75. The van der Waals surface area contributed by atoms with E-state index in [1.807, 2.05) is 18.2 Å². The van der Waals surface area contributed by atoms with Crippen molar-refractivity contribution in [2.75, 3.05) is 13.2 Å². The monoisotopic (exact) mass is 216 g/mol. The zero-order chi connectivity index (χ0) is 11.2. The molecule has 0 spiro atoms. The molecule has 0 atom stereocenters. The van der Waals surface area contributed by atoms with Crippen molar-refractivity contribution in [2.24, 2.45) is 0 Å². The normalized spacial score (nSPS) is 14.4. The lowest BCUT2D eigenvalue weighted by molar-refractivity contribution is 0.307. The van der Waals surface area contributed by atoms with Crippen LogP contribution in [-0.2, 0) is 0 Å². The molecule has 1 N–H and O–H groups in total. The molecule has 1 fully saturated rings. The predicted octanol–water partition coefficient (Wildman–Crippen LogP) is 2.08. The maximum absolute atomic E-state index is 8.86. The van der Waals surface area contributed by atoms with Crippen LogP contribution in [0.2, 0.25) is 0 Å². The molecule has 0 aliphatic heterocycles. The van der Waals surface area contributed by atoms with Gasteiger partial charge in [-0.25, -0.2) is 0 Å². The summed E-state index contributed by atoms with van der Waals surface area (Å²) in [7, 11) is 0. The molecule has 1 aliphatic carbocycles. The molecule has 0 amide bonds. The fourth-order valence-corrected chi connectivity index (χ4v) is 1.53. The number of nitriles is 1. The first-order valence-corrected chi connectivity index (χ1v) is 5.75. The average molecular weight is 216 g/mol. The number of ether oxygens (including phenoxy) is 1. The van der Waals surface area contributed by atoms with Crippen molar-refractivity contribution in [1.29, 1.82) is 5.26 Å². The van der Waals surface area contributed by atoms with Gasteiger partial charge in [-0.2, -0.15) is 5.26 Å². The van der Waals surface area contributed by atoms with Gasteiger partial charge in [0.2, 0.25) is 0 Å². The molecule has 3 nitrogen and oxygen atoms in total. The molecular formula is C13H16N2O. The third-order valence-electron chi connectivity index (χ3n) is 2.60. The van der Waals surface area contributed by atoms with E-state index in [0.717, 1.165) is 19.0 Å². The van der Waals surface area contributed by atoms with E-state index in [1.165, 1.54) is 12.8 Å². The zero-order valence-electron chi connectivity index (χ0n) is 9.28. The third kappa shape index (κ3) is 3.25. The van der Waals surface area contributed by atoms with Crippen LogP contribution in [0.3, 0.4) is 0 Å². The summed E-state index contributed by atoms with van der Waals surface area (Å²) >= 11 is 0. The Labute approximate surface area is 96.0 Å². The summed E-state index contributed by atoms with van der Waals surface area (Å²) in [5, 5.41) is 12.3. The number of nitrogens with one attached hydrogen (secondary N) is 1. The molecule has 0 unspecified atom stereocenters. The lowest BCUT2D eigenvalue weighted by atomic mass is 10.2. The van der Waals surface area contributed by atoms with Gasteiger partial charge in [0.1, 0.15) is 11.8 Å². The Hall–Kier alpha value is -1.53. The van der Waals surface area contributed by atoms with Crippen molar-refractivity contribution in [1.82, 2.24) is 5.32 Å². The van der Waals surface area contributed by atoms with Gasteiger partial charge in [0.25, 0.3) is 0 Å². The molecule has 0 aromatic heterocycles. The van der Waals surface area contributed by atoms with E-state index in [1.54, 1.807) is 6.07 Å². The SMILES string of the molecule is N#Cc1ccccc1OCCCNC1CC1. The van der Waals surface area contributed by atoms with Gasteiger partial charge in [0.15, 0.2) is 0 Å². The highest BCUT2D eigenvalue weighted by molar-refractivity contribution is 5.42. The van der Waals surface area contributed by atoms with E-state index >= 15 is 0 Å². The Bertz CT molecular complexity index is 380. The summed E-state index contributed by atoms with van der Waals surface area (Å²) in [4.78, 5) is 0. The van der Waals surface area contributed by atoms with Gasteiger partial charge in [0, 0.05) is 6.04 Å². The van der Waals surface area contributed by atoms with Gasteiger partial charge in [-0.1, -0.05) is 12.1 Å². The van der Waals surface area contributed by atoms with Crippen molar-refractivity contribution in [2.45, 2.75) is 25.3 Å². The summed E-state index contributed by atoms with van der Waals surface area (Å²) in [5.74, 6) is 0.691. The largest absolute Gasteiger partial charge is 0.492 e. The van der Waals surface area contributed by atoms with Crippen LogP contribution in [0.1, 0.15) is 24.8 Å². The molecule has 0 saturated heterocycles. The molecule has 1 aromatic carbocycles. The fourth-order valence-electron chi connectivity index (χ4n) is 1.53. The lowest BCUT2D eigenvalue weighted by Gasteiger charge is -2.07. The number of hydrogen-bond donors (Lipinski definition) is 1. The molecule has 1 saturated carbocycles. The Morgan fingerprint density at radius 1 is 1.38 bits per heavy atom. The van der Waals surface area contributed by atoms with Gasteiger partial charge in [-0.05, 0) is 37.9 Å². The predicted molar refractivity (Wildman–Crippen MR) is 62.3 cm³/mol. The van der Waals surface area contributed by atoms with Crippen molar-refractivity contribution in [3.63, 3.8) is 0 Å². The molecule has 1 aliphatic rings. The number of rotatable bonds is 6. The third-order valence-corrected chi connectivity index (χ3v) is 2.60. The van der Waals surface area contributed by atoms with Crippen LogP contribution in [0.4, 0.5) is 0 Å². The minimum Gasteiger partial charge on any atom is -0.492 e. The minimum absolute atomic E-state index is 0.609. The van der Waals surface area contributed by atoms with E-state index in [0.29, 0.717) is 17.9 Å². The molecule has 84 valence electrons. The first kappa shape index (κ1) is 11.0. The molecule has 1 aromatic rings. The summed E-state index contributed by atoms with van der Waals surface area (Å²) < 4.78 is 5.57. The van der Waals surface area contributed by atoms with Crippen LogP contribution >= 0.6 is 0 Å². The summed E-state index contributed by atoms with van der Waals surface area (Å²) in [6, 6.07) is 10.2. The summed E-state index contributed by atoms with van der Waals surface area (Å²) in [5.41, 5.74) is 0.609. The van der Waals surface area contributed by atoms with Crippen LogP contribution in [-0.4, -0.2) is 19.2 Å². The molecule has 0 bridgehead atoms. The standard InChI is InChI=1S/C13H16N2O/c14-10-11-4-1-2-5-13(11)16-9-3-8-15-12-6-7-12/h1-2,4-5,12,15H,3,6-9H2. The highest BCUT2D eigenvalue weighted by Gasteiger charge is 2.19. The smallest absolute Gasteiger partial charge is 0.137 e. The van der Waals surface area contributed by atoms with E-state index < -0.39 is 0 Å². The number of para-hydroxylation sites is 1. The molecule has 16 heavy (non-hydrogen) atoms. The first-order chi connectivity index (χ1) is 7.90. The van der Waals surface area contributed by atoms with E-state index in [2.05, 4.69) is 11.4 Å². The van der Waals surface area contributed by atoms with E-state index in [9.17, 15) is 0 Å². The Kier molecular flexibility index (Phi) is 3.79. The van der Waals surface area contributed by atoms with E-state index in [-0.39, 0.29) is 0 Å². The van der Waals surface area contributed by atoms with Crippen molar-refractivity contribution < 1.29 is 4.74 Å². The highest BCUT2D eigenvalue weighted by Crippen LogP contribution is 2.18. The van der Waals surface area contributed by atoms with Crippen LogP contribution in [0.15, 0.2) is 24.3 Å². The number of nitrogens with zero attached hydrogens (tertiary/aromatic N) is 1. The molecule has 2 rings (SSSR count). The second kappa shape index (κ2) is 5.53. The van der Waals surface area contributed by atoms with Crippen molar-refractivity contribution >= 4 is 0 Å². The Morgan fingerprint density at radius 2 is 2.19 bits per heavy atom. The van der Waals surface area contributed by atoms with Crippen molar-refractivity contribution in [3.8, 4) is 11.8 Å². The lowest BCUT2D eigenvalue weighted by Crippen LogP contribution is -2.19. The van der Waals surface area contributed by atoms with Crippen molar-refractivity contribution in [3.05, 3.63) is 29.8 Å². The zero-order valence-corrected chi connectivity index (χ0v) is 9.28. The van der Waals surface area contributed by atoms with Gasteiger partial charge in [-0.3, -0.25) is 0 Å². The topological polar surface area (TPSA) is 45.0 Å². The van der Waals surface area contributed by atoms with Crippen LogP contribution in [0.25, 0.3) is 0 Å². The summed E-state index contributed by atoms with van der Waals surface area (Å²) in [6.07, 6.45) is 3.62. The molecule has 0 radical (unpaired) electrons. The van der Waals surface area contributed by atoms with E-state index in [4.69, 9.17) is 10.00 Å². The average Bonchev–Trinajstić information content (AvgIpc) is 3.13. The quantitative estimate of drug-likeness (QED) is 0.740. The van der Waals surface area contributed by atoms with Gasteiger partial charge >= 0.3 is 0 Å². The minimum atomic E-state index is 0.609. The van der Waals surface area contributed by atoms with Crippen LogP contribution in [0.5, 0.6) is 5.75 Å². The van der Waals surface area contributed by atoms with Gasteiger partial charge in [0.05, 0.1) is 12.2 Å². The maximum Gasteiger partial charge on any atom is 0.137 e. The second-order valence-corrected chi connectivity index (χ2v) is 4.04. The molecule has 3 heteroatoms. The van der Waals surface area contributed by atoms with Crippen LogP contribution < -0.4 is 10.1 Å². The molecule has 0 heterocycles. The van der Waals surface area contributed by atoms with Crippen LogP contribution in [0, 0.1) is 11.3 Å². The molecular weight excluding hydrogens is 200 g/mol. The number of benzene rings is 1. The highest BCUT2D eigenvalue weighted by atomic mass is 16.5. The van der Waals surface area contributed by atoms with Gasteiger partial charge in [-0.15, -0.1) is 0 Å². The second-order valence-electron chi connectivity index (χ2n) is 4.04. The number of hydrogen-bond acceptors (Lipinski definition) is 3. The Balaban J connectivity index is 1.69. The maximum atomic E-state index is 8.86. The fraction of sp³-hybridized carbons (Fsp3) is 0.462. The Morgan fingerprint density at radius 3 is 2.94 bits per heavy atom.